The molecule has 4 N–H and O–H groups in total. The van der Waals surface area contributed by atoms with Crippen molar-refractivity contribution in [1.29, 1.82) is 0 Å². The molecule has 5 aliphatic rings. The van der Waals surface area contributed by atoms with Gasteiger partial charge in [0.15, 0.2) is 0 Å². The summed E-state index contributed by atoms with van der Waals surface area (Å²) in [6.45, 7) is 31.5. The van der Waals surface area contributed by atoms with E-state index in [0.29, 0.717) is 51.4 Å². The Morgan fingerprint density at radius 2 is 0.667 bits per heavy atom. The van der Waals surface area contributed by atoms with Gasteiger partial charge in [-0.05, 0) is 124 Å². The maximum absolute atomic E-state index is 14.9. The molecule has 14 nitrogen and oxygen atoms in total. The molecule has 2 unspecified atom stereocenters. The predicted octanol–water partition coefficient (Wildman–Crippen LogP) is 6.86. The predicted molar refractivity (Wildman–Crippen MR) is 226 cm³/mol. The summed E-state index contributed by atoms with van der Waals surface area (Å²) in [4.78, 5) is 58.9. The summed E-state index contributed by atoms with van der Waals surface area (Å²) in [5.74, 6) is -7.25. The van der Waals surface area contributed by atoms with Gasteiger partial charge >= 0.3 is 23.9 Å². The van der Waals surface area contributed by atoms with Gasteiger partial charge in [0.25, 0.3) is 0 Å². The molecule has 60 heavy (non-hydrogen) atoms. The summed E-state index contributed by atoms with van der Waals surface area (Å²) in [6, 6.07) is 0. The Kier molecular flexibility index (Phi) is 13.2. The van der Waals surface area contributed by atoms with E-state index in [1.165, 1.54) is 10.1 Å². The number of carbonyl (C=O) groups is 4. The molecule has 1 aliphatic carbocycles. The number of rotatable bonds is 8. The van der Waals surface area contributed by atoms with Crippen molar-refractivity contribution in [2.45, 2.75) is 244 Å². The molecule has 1 saturated carbocycles. The molecule has 4 heterocycles. The van der Waals surface area contributed by atoms with Crippen LogP contribution in [-0.2, 0) is 38.1 Å². The minimum absolute atomic E-state index is 0.0793. The lowest BCUT2D eigenvalue weighted by molar-refractivity contribution is -0.261. The maximum Gasteiger partial charge on any atom is 0.310 e. The van der Waals surface area contributed by atoms with Crippen LogP contribution in [0.4, 0.5) is 0 Å². The van der Waals surface area contributed by atoms with Crippen molar-refractivity contribution in [3.05, 3.63) is 0 Å². The fourth-order valence-electron chi connectivity index (χ4n) is 12.4. The van der Waals surface area contributed by atoms with Gasteiger partial charge in [-0.25, -0.2) is 0 Å². The van der Waals surface area contributed by atoms with Gasteiger partial charge in [0.2, 0.25) is 0 Å². The molecule has 344 valence electrons. The first-order chi connectivity index (χ1) is 27.0. The largest absolute Gasteiger partial charge is 0.462 e. The second kappa shape index (κ2) is 16.3. The summed E-state index contributed by atoms with van der Waals surface area (Å²) in [7, 11) is 0. The standard InChI is InChI=1S/C46H80N4O10/c1-39(2)19-28(20-40(3,4)47-39)58-36(52)32-17-27(35(51)57-30-23-43(9,10)49(55)44(11,12)24-30)18-33(37(53)59-29-21-41(5,6)48-42(7,8)22-29)34(32)38(54)60-31-25-45(13,14)50(56)46(15,16)26-31/h27-34,47-48,55-56H,17-26H2,1-16H3. The Hall–Kier alpha value is -2.36. The van der Waals surface area contributed by atoms with Crippen molar-refractivity contribution in [2.24, 2.45) is 23.7 Å². The van der Waals surface area contributed by atoms with Crippen LogP contribution in [0.5, 0.6) is 0 Å². The van der Waals surface area contributed by atoms with Crippen LogP contribution in [0, 0.1) is 23.7 Å². The average molecular weight is 849 g/mol. The number of piperidine rings is 4. The van der Waals surface area contributed by atoms with E-state index in [0.717, 1.165) is 0 Å². The fourth-order valence-corrected chi connectivity index (χ4v) is 12.4. The Balaban J connectivity index is 1.52. The van der Waals surface area contributed by atoms with Crippen LogP contribution in [0.1, 0.15) is 175 Å². The normalized spacial score (nSPS) is 33.0. The number of nitrogens with one attached hydrogen (secondary N) is 2. The van der Waals surface area contributed by atoms with Crippen LogP contribution in [0.15, 0.2) is 0 Å². The highest BCUT2D eigenvalue weighted by Gasteiger charge is 2.56. The summed E-state index contributed by atoms with van der Waals surface area (Å²) in [5.41, 5.74) is -4.23. The molecule has 0 aromatic carbocycles. The van der Waals surface area contributed by atoms with Crippen LogP contribution in [0.2, 0.25) is 0 Å². The molecule has 0 radical (unpaired) electrons. The Morgan fingerprint density at radius 3 is 0.967 bits per heavy atom. The first-order valence-electron chi connectivity index (χ1n) is 22.4. The quantitative estimate of drug-likeness (QED) is 0.147. The third kappa shape index (κ3) is 11.2. The number of carbonyl (C=O) groups excluding carboxylic acids is 4. The zero-order valence-corrected chi connectivity index (χ0v) is 39.7. The van der Waals surface area contributed by atoms with E-state index in [1.54, 1.807) is 0 Å². The van der Waals surface area contributed by atoms with E-state index >= 15 is 0 Å². The Bertz CT molecular complexity index is 1510. The number of hydrogen-bond donors (Lipinski definition) is 4. The first kappa shape index (κ1) is 48.7. The molecule has 0 amide bonds. The van der Waals surface area contributed by atoms with Crippen LogP contribution in [-0.4, -0.2) is 113 Å². The highest BCUT2D eigenvalue weighted by atomic mass is 16.6. The molecule has 0 bridgehead atoms. The molecule has 0 aromatic rings. The molecular formula is C46H80N4O10. The van der Waals surface area contributed by atoms with Gasteiger partial charge in [-0.15, -0.1) is 0 Å². The highest BCUT2D eigenvalue weighted by molar-refractivity contribution is 5.89. The molecule has 0 aromatic heterocycles. The van der Waals surface area contributed by atoms with Gasteiger partial charge in [-0.3, -0.25) is 19.2 Å². The molecular weight excluding hydrogens is 769 g/mol. The monoisotopic (exact) mass is 849 g/mol. The second-order valence-electron chi connectivity index (χ2n) is 24.4. The molecule has 4 saturated heterocycles. The minimum atomic E-state index is -1.30. The van der Waals surface area contributed by atoms with E-state index in [2.05, 4.69) is 66.0 Å². The summed E-state index contributed by atoms with van der Waals surface area (Å²) < 4.78 is 25.3. The van der Waals surface area contributed by atoms with Crippen molar-refractivity contribution in [1.82, 2.24) is 20.8 Å². The highest BCUT2D eigenvalue weighted by Crippen LogP contribution is 2.46. The van der Waals surface area contributed by atoms with Crippen LogP contribution < -0.4 is 10.6 Å². The zero-order valence-electron chi connectivity index (χ0n) is 39.7. The maximum atomic E-state index is 14.9. The summed E-state index contributed by atoms with van der Waals surface area (Å²) >= 11 is 0. The smallest absolute Gasteiger partial charge is 0.310 e. The fraction of sp³-hybridized carbons (Fsp3) is 0.913. The van der Waals surface area contributed by atoms with Gasteiger partial charge in [0.1, 0.15) is 24.4 Å². The van der Waals surface area contributed by atoms with Crippen LogP contribution in [0.25, 0.3) is 0 Å². The lowest BCUT2D eigenvalue weighted by atomic mass is 9.67. The third-order valence-corrected chi connectivity index (χ3v) is 13.8. The first-order valence-corrected chi connectivity index (χ1v) is 22.4. The molecule has 2 atom stereocenters. The van der Waals surface area contributed by atoms with Crippen molar-refractivity contribution < 1.29 is 48.5 Å². The van der Waals surface area contributed by atoms with E-state index in [1.807, 2.05) is 55.4 Å². The van der Waals surface area contributed by atoms with E-state index < -0.39 is 94.1 Å². The number of hydrogen-bond acceptors (Lipinski definition) is 14. The van der Waals surface area contributed by atoms with E-state index in [4.69, 9.17) is 18.9 Å². The number of nitrogens with zero attached hydrogens (tertiary/aromatic N) is 2. The summed E-state index contributed by atoms with van der Waals surface area (Å²) in [6.07, 6.45) is 1.22. The van der Waals surface area contributed by atoms with Crippen molar-refractivity contribution in [3.8, 4) is 0 Å². The molecule has 14 heteroatoms. The number of ether oxygens (including phenoxy) is 4. The van der Waals surface area contributed by atoms with E-state index in [9.17, 15) is 29.6 Å². The zero-order chi connectivity index (χ0) is 45.4. The average Bonchev–Trinajstić information content (AvgIpc) is 3.01. The van der Waals surface area contributed by atoms with Crippen LogP contribution in [0.3, 0.4) is 0 Å². The number of esters is 4. The topological polar surface area (TPSA) is 176 Å². The van der Waals surface area contributed by atoms with Crippen molar-refractivity contribution in [3.63, 3.8) is 0 Å². The van der Waals surface area contributed by atoms with Gasteiger partial charge in [0, 0.05) is 95.7 Å². The molecule has 5 rings (SSSR count). The van der Waals surface area contributed by atoms with Crippen molar-refractivity contribution in [2.75, 3.05) is 0 Å². The molecule has 4 aliphatic heterocycles. The molecule has 5 fully saturated rings. The van der Waals surface area contributed by atoms with Gasteiger partial charge in [-0.2, -0.15) is 10.1 Å². The Morgan fingerprint density at radius 1 is 0.417 bits per heavy atom. The minimum Gasteiger partial charge on any atom is -0.462 e. The third-order valence-electron chi connectivity index (χ3n) is 13.8. The van der Waals surface area contributed by atoms with E-state index in [-0.39, 0.29) is 35.0 Å². The van der Waals surface area contributed by atoms with Crippen LogP contribution >= 0.6 is 0 Å². The SMILES string of the molecule is CC1(C)CC(OC(=O)C2CC(C(=O)OC3CC(C)(C)N(O)C(C)(C)C3)CC(C(=O)OC3CC(C)(C)NC(C)(C)C3)C2C(=O)OC2CC(C)(C)N(O)C(C)(C)C2)CC(C)(C)N1. The second-order valence-corrected chi connectivity index (χ2v) is 24.4. The molecule has 0 spiro atoms. The lowest BCUT2D eigenvalue weighted by Gasteiger charge is -2.51. The van der Waals surface area contributed by atoms with Gasteiger partial charge in [-0.1, -0.05) is 0 Å². The Labute approximate surface area is 359 Å². The summed E-state index contributed by atoms with van der Waals surface area (Å²) in [5, 5.41) is 31.8. The van der Waals surface area contributed by atoms with Gasteiger partial charge in [0.05, 0.1) is 23.7 Å². The number of hydroxylamine groups is 4. The lowest BCUT2D eigenvalue weighted by Crippen LogP contribution is -2.61. The van der Waals surface area contributed by atoms with Gasteiger partial charge < -0.3 is 40.0 Å². The van der Waals surface area contributed by atoms with Crippen molar-refractivity contribution >= 4 is 23.9 Å².